The summed E-state index contributed by atoms with van der Waals surface area (Å²) >= 11 is 0. The molecule has 0 aliphatic rings. The third kappa shape index (κ3) is 4.35. The number of carbonyl (C=O) groups is 2. The molecule has 0 N–H and O–H groups in total. The van der Waals surface area contributed by atoms with E-state index in [0.29, 0.717) is 22.8 Å². The number of hydrogen-bond donors (Lipinski definition) is 0. The number of carbonyl (C=O) groups excluding carboxylic acids is 2. The maximum atomic E-state index is 12.1. The van der Waals surface area contributed by atoms with Gasteiger partial charge in [0.2, 0.25) is 0 Å². The summed E-state index contributed by atoms with van der Waals surface area (Å²) in [5.74, 6) is 0.962. The molecule has 0 radical (unpaired) electrons. The summed E-state index contributed by atoms with van der Waals surface area (Å²) in [4.78, 5) is 25.1. The summed E-state index contributed by atoms with van der Waals surface area (Å²) in [6.07, 6.45) is 0. The van der Waals surface area contributed by atoms with Gasteiger partial charge in [0.1, 0.15) is 22.8 Å². The summed E-state index contributed by atoms with van der Waals surface area (Å²) in [6, 6.07) is 10.7. The molecule has 1 heterocycles. The highest BCUT2D eigenvalue weighted by molar-refractivity contribution is 5.90. The van der Waals surface area contributed by atoms with Crippen LogP contribution in [0, 0.1) is 6.92 Å². The molecule has 122 valence electrons. The van der Waals surface area contributed by atoms with Crippen molar-refractivity contribution in [2.45, 2.75) is 13.5 Å². The van der Waals surface area contributed by atoms with Crippen molar-refractivity contribution in [1.82, 2.24) is 4.90 Å². The van der Waals surface area contributed by atoms with E-state index in [1.165, 1.54) is 12.0 Å². The van der Waals surface area contributed by atoms with E-state index in [9.17, 15) is 9.59 Å². The Morgan fingerprint density at radius 1 is 1.22 bits per heavy atom. The van der Waals surface area contributed by atoms with Crippen molar-refractivity contribution in [3.63, 3.8) is 0 Å². The van der Waals surface area contributed by atoms with E-state index in [2.05, 4.69) is 4.74 Å². The second-order valence-electron chi connectivity index (χ2n) is 5.03. The lowest BCUT2D eigenvalue weighted by atomic mass is 10.2. The number of hydrogen-bond acceptors (Lipinski definition) is 5. The Balaban J connectivity index is 1.92. The van der Waals surface area contributed by atoms with Crippen LogP contribution in [0.1, 0.15) is 21.9 Å². The minimum absolute atomic E-state index is 0.0654. The average Bonchev–Trinajstić information content (AvgIpc) is 2.93. The fourth-order valence-electron chi connectivity index (χ4n) is 2.03. The van der Waals surface area contributed by atoms with Gasteiger partial charge in [0.25, 0.3) is 5.91 Å². The van der Waals surface area contributed by atoms with E-state index in [1.807, 2.05) is 18.2 Å². The molecule has 1 amide bonds. The quantitative estimate of drug-likeness (QED) is 0.765. The van der Waals surface area contributed by atoms with Crippen molar-refractivity contribution in [2.24, 2.45) is 0 Å². The van der Waals surface area contributed by atoms with Crippen LogP contribution < -0.4 is 4.74 Å². The molecule has 1 aromatic heterocycles. The normalized spacial score (nSPS) is 10.2. The third-order valence-corrected chi connectivity index (χ3v) is 3.30. The van der Waals surface area contributed by atoms with E-state index in [1.54, 1.807) is 32.2 Å². The number of ether oxygens (including phenoxy) is 2. The first-order valence-corrected chi connectivity index (χ1v) is 7.10. The molecule has 2 rings (SSSR count). The van der Waals surface area contributed by atoms with Crippen molar-refractivity contribution < 1.29 is 23.5 Å². The number of esters is 1. The topological polar surface area (TPSA) is 69.0 Å². The zero-order valence-electron chi connectivity index (χ0n) is 13.4. The minimum Gasteiger partial charge on any atom is -0.484 e. The zero-order valence-corrected chi connectivity index (χ0v) is 13.4. The number of amides is 1. The standard InChI is InChI=1S/C17H19NO5/c1-12-15(17(20)21-3)9-14(23-12)10-18(2)16(19)11-22-13-7-5-4-6-8-13/h4-9H,10-11H2,1-3H3. The largest absolute Gasteiger partial charge is 0.484 e. The van der Waals surface area contributed by atoms with Crippen molar-refractivity contribution in [2.75, 3.05) is 20.8 Å². The Hall–Kier alpha value is -2.76. The van der Waals surface area contributed by atoms with E-state index in [0.717, 1.165) is 0 Å². The molecule has 6 nitrogen and oxygen atoms in total. The molecule has 0 fully saturated rings. The number of nitrogens with zero attached hydrogens (tertiary/aromatic N) is 1. The smallest absolute Gasteiger partial charge is 0.341 e. The Labute approximate surface area is 134 Å². The van der Waals surface area contributed by atoms with Crippen LogP contribution in [0.15, 0.2) is 40.8 Å². The minimum atomic E-state index is -0.459. The maximum absolute atomic E-state index is 12.1. The molecular weight excluding hydrogens is 298 g/mol. The number of rotatable bonds is 6. The van der Waals surface area contributed by atoms with Gasteiger partial charge in [-0.1, -0.05) is 18.2 Å². The first-order chi connectivity index (χ1) is 11.0. The van der Waals surface area contributed by atoms with E-state index in [4.69, 9.17) is 9.15 Å². The van der Waals surface area contributed by atoms with Crippen LogP contribution in [-0.2, 0) is 16.1 Å². The Kier molecular flexibility index (Phi) is 5.41. The Morgan fingerprint density at radius 3 is 2.57 bits per heavy atom. The van der Waals surface area contributed by atoms with Gasteiger partial charge in [-0.2, -0.15) is 0 Å². The molecule has 0 atom stereocenters. The number of likely N-dealkylation sites (N-methyl/N-ethyl adjacent to an activating group) is 1. The fourth-order valence-corrected chi connectivity index (χ4v) is 2.03. The van der Waals surface area contributed by atoms with Gasteiger partial charge < -0.3 is 18.8 Å². The zero-order chi connectivity index (χ0) is 16.8. The van der Waals surface area contributed by atoms with Crippen LogP contribution in [0.5, 0.6) is 5.75 Å². The van der Waals surface area contributed by atoms with Crippen molar-refractivity contribution in [1.29, 1.82) is 0 Å². The summed E-state index contributed by atoms with van der Waals surface area (Å²) < 4.78 is 15.6. The first-order valence-electron chi connectivity index (χ1n) is 7.10. The Morgan fingerprint density at radius 2 is 1.91 bits per heavy atom. The summed E-state index contributed by atoms with van der Waals surface area (Å²) in [6.45, 7) is 1.86. The molecule has 0 aliphatic heterocycles. The van der Waals surface area contributed by atoms with Gasteiger partial charge in [-0.05, 0) is 25.1 Å². The van der Waals surface area contributed by atoms with Gasteiger partial charge >= 0.3 is 5.97 Å². The molecule has 0 bridgehead atoms. The van der Waals surface area contributed by atoms with Gasteiger partial charge in [-0.15, -0.1) is 0 Å². The number of methoxy groups -OCH3 is 1. The second-order valence-corrected chi connectivity index (χ2v) is 5.03. The van der Waals surface area contributed by atoms with Crippen LogP contribution in [0.3, 0.4) is 0 Å². The summed E-state index contributed by atoms with van der Waals surface area (Å²) in [5.41, 5.74) is 0.365. The highest BCUT2D eigenvalue weighted by Gasteiger charge is 2.18. The summed E-state index contributed by atoms with van der Waals surface area (Å²) in [5, 5.41) is 0. The van der Waals surface area contributed by atoms with Gasteiger partial charge in [0.15, 0.2) is 6.61 Å². The molecular formula is C17H19NO5. The van der Waals surface area contributed by atoms with E-state index >= 15 is 0 Å². The number of aryl methyl sites for hydroxylation is 1. The van der Waals surface area contributed by atoms with Gasteiger partial charge in [0, 0.05) is 7.05 Å². The van der Waals surface area contributed by atoms with Crippen molar-refractivity contribution >= 4 is 11.9 Å². The van der Waals surface area contributed by atoms with Crippen LogP contribution in [0.4, 0.5) is 0 Å². The van der Waals surface area contributed by atoms with Crippen molar-refractivity contribution in [3.8, 4) is 5.75 Å². The predicted molar refractivity (Wildman–Crippen MR) is 83.2 cm³/mol. The van der Waals surface area contributed by atoms with Gasteiger partial charge in [-0.3, -0.25) is 4.79 Å². The molecule has 2 aromatic rings. The lowest BCUT2D eigenvalue weighted by Gasteiger charge is -2.16. The molecule has 0 saturated carbocycles. The fraction of sp³-hybridized carbons (Fsp3) is 0.294. The molecule has 0 spiro atoms. The van der Waals surface area contributed by atoms with Crippen LogP contribution >= 0.6 is 0 Å². The predicted octanol–water partition coefficient (Wildman–Crippen LogP) is 2.41. The number of para-hydroxylation sites is 1. The molecule has 23 heavy (non-hydrogen) atoms. The molecule has 0 aliphatic carbocycles. The summed E-state index contributed by atoms with van der Waals surface area (Å²) in [7, 11) is 2.96. The molecule has 1 aromatic carbocycles. The van der Waals surface area contributed by atoms with Gasteiger partial charge in [0.05, 0.1) is 13.7 Å². The maximum Gasteiger partial charge on any atom is 0.341 e. The van der Waals surface area contributed by atoms with E-state index < -0.39 is 5.97 Å². The highest BCUT2D eigenvalue weighted by atomic mass is 16.5. The second kappa shape index (κ2) is 7.49. The molecule has 0 saturated heterocycles. The molecule has 6 heteroatoms. The van der Waals surface area contributed by atoms with Crippen LogP contribution in [0.2, 0.25) is 0 Å². The lowest BCUT2D eigenvalue weighted by Crippen LogP contribution is -2.30. The highest BCUT2D eigenvalue weighted by Crippen LogP contribution is 2.17. The van der Waals surface area contributed by atoms with Crippen molar-refractivity contribution in [3.05, 3.63) is 53.5 Å². The SMILES string of the molecule is COC(=O)c1cc(CN(C)C(=O)COc2ccccc2)oc1C. The van der Waals surface area contributed by atoms with Crippen LogP contribution in [-0.4, -0.2) is 37.5 Å². The number of benzene rings is 1. The Bertz CT molecular complexity index is 678. The van der Waals surface area contributed by atoms with Gasteiger partial charge in [-0.25, -0.2) is 4.79 Å². The molecule has 0 unspecified atom stereocenters. The first kappa shape index (κ1) is 16.6. The monoisotopic (exact) mass is 317 g/mol. The average molecular weight is 317 g/mol. The van der Waals surface area contributed by atoms with E-state index in [-0.39, 0.29) is 19.1 Å². The number of furan rings is 1. The third-order valence-electron chi connectivity index (χ3n) is 3.30. The van der Waals surface area contributed by atoms with Crippen LogP contribution in [0.25, 0.3) is 0 Å². The lowest BCUT2D eigenvalue weighted by molar-refractivity contribution is -0.132.